The lowest BCUT2D eigenvalue weighted by molar-refractivity contribution is 0.0697. The monoisotopic (exact) mass is 273 g/mol. The number of rotatable bonds is 4. The van der Waals surface area contributed by atoms with E-state index in [2.05, 4.69) is 39.2 Å². The standard InChI is InChI=1S/C17H23NO2/c1-6-13-11(5)18(7-2)16-14(10(3)4)8-12(17(19)20)9-15(13)16/h8-10H,6-7H2,1-5H3,(H,19,20). The Balaban J connectivity index is 2.96. The van der Waals surface area contributed by atoms with E-state index < -0.39 is 5.97 Å². The van der Waals surface area contributed by atoms with E-state index in [-0.39, 0.29) is 0 Å². The van der Waals surface area contributed by atoms with Crippen molar-refractivity contribution in [3.63, 3.8) is 0 Å². The van der Waals surface area contributed by atoms with E-state index in [0.29, 0.717) is 11.5 Å². The highest BCUT2D eigenvalue weighted by Crippen LogP contribution is 2.33. The highest BCUT2D eigenvalue weighted by molar-refractivity contribution is 5.97. The molecule has 1 N–H and O–H groups in total. The van der Waals surface area contributed by atoms with Crippen molar-refractivity contribution in [3.05, 3.63) is 34.5 Å². The van der Waals surface area contributed by atoms with Crippen LogP contribution in [0.1, 0.15) is 60.8 Å². The summed E-state index contributed by atoms with van der Waals surface area (Å²) in [7, 11) is 0. The number of hydrogen-bond donors (Lipinski definition) is 1. The van der Waals surface area contributed by atoms with Crippen molar-refractivity contribution in [3.8, 4) is 0 Å². The van der Waals surface area contributed by atoms with Crippen molar-refractivity contribution in [2.75, 3.05) is 0 Å². The van der Waals surface area contributed by atoms with Crippen LogP contribution in [0.3, 0.4) is 0 Å². The van der Waals surface area contributed by atoms with E-state index in [4.69, 9.17) is 0 Å². The van der Waals surface area contributed by atoms with Crippen LogP contribution in [-0.2, 0) is 13.0 Å². The van der Waals surface area contributed by atoms with Crippen molar-refractivity contribution in [1.82, 2.24) is 4.57 Å². The molecular formula is C17H23NO2. The second-order valence-electron chi connectivity index (χ2n) is 5.58. The minimum Gasteiger partial charge on any atom is -0.478 e. The summed E-state index contributed by atoms with van der Waals surface area (Å²) in [5.74, 6) is -0.543. The van der Waals surface area contributed by atoms with Crippen molar-refractivity contribution in [2.45, 2.75) is 53.5 Å². The molecule has 0 aliphatic carbocycles. The third-order valence-corrected chi connectivity index (χ3v) is 4.11. The van der Waals surface area contributed by atoms with Crippen LogP contribution in [-0.4, -0.2) is 15.6 Å². The second kappa shape index (κ2) is 5.31. The van der Waals surface area contributed by atoms with Crippen LogP contribution < -0.4 is 0 Å². The third-order valence-electron chi connectivity index (χ3n) is 4.11. The molecule has 1 heterocycles. The Morgan fingerprint density at radius 3 is 2.40 bits per heavy atom. The van der Waals surface area contributed by atoms with Gasteiger partial charge in [-0.1, -0.05) is 20.8 Å². The van der Waals surface area contributed by atoms with Crippen LogP contribution in [0, 0.1) is 6.92 Å². The number of carboxylic acid groups (broad SMARTS) is 1. The first-order chi connectivity index (χ1) is 9.42. The van der Waals surface area contributed by atoms with Gasteiger partial charge in [-0.05, 0) is 49.4 Å². The maximum atomic E-state index is 11.4. The van der Waals surface area contributed by atoms with E-state index >= 15 is 0 Å². The van der Waals surface area contributed by atoms with Gasteiger partial charge in [0, 0.05) is 17.6 Å². The minimum atomic E-state index is -0.849. The van der Waals surface area contributed by atoms with Gasteiger partial charge in [-0.15, -0.1) is 0 Å². The maximum absolute atomic E-state index is 11.4. The maximum Gasteiger partial charge on any atom is 0.335 e. The average molecular weight is 273 g/mol. The summed E-state index contributed by atoms with van der Waals surface area (Å²) in [5, 5.41) is 10.4. The Bertz CT molecular complexity index is 665. The van der Waals surface area contributed by atoms with Gasteiger partial charge in [0.25, 0.3) is 0 Å². The number of fused-ring (bicyclic) bond motifs is 1. The number of carbonyl (C=O) groups is 1. The van der Waals surface area contributed by atoms with Crippen LogP contribution >= 0.6 is 0 Å². The molecule has 0 amide bonds. The summed E-state index contributed by atoms with van der Waals surface area (Å²) >= 11 is 0. The molecule has 2 rings (SSSR count). The number of aromatic nitrogens is 1. The Labute approximate surface area is 120 Å². The van der Waals surface area contributed by atoms with Crippen molar-refractivity contribution < 1.29 is 9.90 Å². The summed E-state index contributed by atoms with van der Waals surface area (Å²) in [6.45, 7) is 11.6. The lowest BCUT2D eigenvalue weighted by Crippen LogP contribution is -2.03. The topological polar surface area (TPSA) is 42.2 Å². The summed E-state index contributed by atoms with van der Waals surface area (Å²) < 4.78 is 2.31. The van der Waals surface area contributed by atoms with Gasteiger partial charge in [0.2, 0.25) is 0 Å². The molecule has 0 spiro atoms. The van der Waals surface area contributed by atoms with Gasteiger partial charge in [0.05, 0.1) is 11.1 Å². The van der Waals surface area contributed by atoms with E-state index in [0.717, 1.165) is 23.9 Å². The van der Waals surface area contributed by atoms with Crippen LogP contribution in [0.25, 0.3) is 10.9 Å². The van der Waals surface area contributed by atoms with Gasteiger partial charge < -0.3 is 9.67 Å². The van der Waals surface area contributed by atoms with Crippen LogP contribution in [0.15, 0.2) is 12.1 Å². The lowest BCUT2D eigenvalue weighted by Gasteiger charge is -2.13. The SMILES string of the molecule is CCc1c(C)n(CC)c2c(C(C)C)cc(C(=O)O)cc12. The molecule has 0 unspecified atom stereocenters. The first-order valence-electron chi connectivity index (χ1n) is 7.31. The molecule has 0 fully saturated rings. The molecule has 20 heavy (non-hydrogen) atoms. The van der Waals surface area contributed by atoms with E-state index in [1.54, 1.807) is 0 Å². The van der Waals surface area contributed by atoms with Gasteiger partial charge in [-0.2, -0.15) is 0 Å². The molecule has 0 saturated heterocycles. The number of benzene rings is 1. The summed E-state index contributed by atoms with van der Waals surface area (Å²) in [5.41, 5.74) is 5.26. The predicted molar refractivity (Wildman–Crippen MR) is 82.8 cm³/mol. The molecule has 1 aromatic heterocycles. The molecule has 0 atom stereocenters. The van der Waals surface area contributed by atoms with Crippen molar-refractivity contribution >= 4 is 16.9 Å². The number of hydrogen-bond acceptors (Lipinski definition) is 1. The minimum absolute atomic E-state index is 0.307. The highest BCUT2D eigenvalue weighted by Gasteiger charge is 2.19. The number of aromatic carboxylic acids is 1. The zero-order valence-corrected chi connectivity index (χ0v) is 12.9. The molecule has 3 heteroatoms. The van der Waals surface area contributed by atoms with E-state index in [1.807, 2.05) is 12.1 Å². The fourth-order valence-electron chi connectivity index (χ4n) is 3.12. The van der Waals surface area contributed by atoms with Crippen molar-refractivity contribution in [2.24, 2.45) is 0 Å². The fraction of sp³-hybridized carbons (Fsp3) is 0.471. The van der Waals surface area contributed by atoms with Gasteiger partial charge in [0.15, 0.2) is 0 Å². The predicted octanol–water partition coefficient (Wildman–Crippen LogP) is 4.35. The molecule has 3 nitrogen and oxygen atoms in total. The summed E-state index contributed by atoms with van der Waals surface area (Å²) in [4.78, 5) is 11.4. The molecule has 0 aliphatic rings. The van der Waals surface area contributed by atoms with Crippen LogP contribution in [0.4, 0.5) is 0 Å². The van der Waals surface area contributed by atoms with E-state index in [9.17, 15) is 9.90 Å². The Morgan fingerprint density at radius 1 is 1.30 bits per heavy atom. The molecule has 0 saturated carbocycles. The normalized spacial score (nSPS) is 11.5. The zero-order valence-electron chi connectivity index (χ0n) is 12.9. The van der Waals surface area contributed by atoms with Crippen LogP contribution in [0.5, 0.6) is 0 Å². The number of aryl methyl sites for hydroxylation is 2. The molecular weight excluding hydrogens is 250 g/mol. The lowest BCUT2D eigenvalue weighted by atomic mass is 9.96. The largest absolute Gasteiger partial charge is 0.478 e. The Kier molecular flexibility index (Phi) is 3.89. The van der Waals surface area contributed by atoms with Gasteiger partial charge >= 0.3 is 5.97 Å². The molecule has 0 aliphatic heterocycles. The number of carboxylic acids is 1. The molecule has 108 valence electrons. The molecule has 2 aromatic rings. The molecule has 0 radical (unpaired) electrons. The fourth-order valence-corrected chi connectivity index (χ4v) is 3.12. The highest BCUT2D eigenvalue weighted by atomic mass is 16.4. The number of nitrogens with zero attached hydrogens (tertiary/aromatic N) is 1. The van der Waals surface area contributed by atoms with Gasteiger partial charge in [-0.25, -0.2) is 4.79 Å². The first-order valence-corrected chi connectivity index (χ1v) is 7.31. The summed E-state index contributed by atoms with van der Waals surface area (Å²) in [6, 6.07) is 3.67. The zero-order chi connectivity index (χ0) is 15.0. The summed E-state index contributed by atoms with van der Waals surface area (Å²) in [6.07, 6.45) is 0.927. The quantitative estimate of drug-likeness (QED) is 0.899. The second-order valence-corrected chi connectivity index (χ2v) is 5.58. The first kappa shape index (κ1) is 14.6. The smallest absolute Gasteiger partial charge is 0.335 e. The average Bonchev–Trinajstić information content (AvgIpc) is 2.67. The van der Waals surface area contributed by atoms with E-state index in [1.165, 1.54) is 16.8 Å². The Hall–Kier alpha value is -1.77. The Morgan fingerprint density at radius 2 is 1.95 bits per heavy atom. The van der Waals surface area contributed by atoms with Gasteiger partial charge in [-0.3, -0.25) is 0 Å². The van der Waals surface area contributed by atoms with Gasteiger partial charge in [0.1, 0.15) is 0 Å². The van der Waals surface area contributed by atoms with Crippen LogP contribution in [0.2, 0.25) is 0 Å². The van der Waals surface area contributed by atoms with Crippen molar-refractivity contribution in [1.29, 1.82) is 0 Å². The third kappa shape index (κ3) is 2.11. The molecule has 1 aromatic carbocycles. The molecule has 0 bridgehead atoms.